The number of aryl methyl sites for hydroxylation is 1. The molecular weight excluding hydrogens is 370 g/mol. The van der Waals surface area contributed by atoms with Crippen LogP contribution in [-0.4, -0.2) is 37.3 Å². The summed E-state index contributed by atoms with van der Waals surface area (Å²) in [6.07, 6.45) is 4.32. The van der Waals surface area contributed by atoms with E-state index >= 15 is 0 Å². The molecule has 0 saturated carbocycles. The van der Waals surface area contributed by atoms with E-state index in [2.05, 4.69) is 30.3 Å². The zero-order chi connectivity index (χ0) is 19.7. The van der Waals surface area contributed by atoms with Crippen molar-refractivity contribution in [3.8, 4) is 17.0 Å². The third kappa shape index (κ3) is 3.27. The molecule has 3 heterocycles. The Morgan fingerprint density at radius 1 is 1.29 bits per heavy atom. The van der Waals surface area contributed by atoms with Gasteiger partial charge in [-0.1, -0.05) is 11.6 Å². The Morgan fingerprint density at radius 2 is 2.14 bits per heavy atom. The third-order valence-corrected chi connectivity index (χ3v) is 4.02. The highest BCUT2D eigenvalue weighted by Crippen LogP contribution is 2.35. The van der Waals surface area contributed by atoms with Crippen molar-refractivity contribution >= 4 is 17.2 Å². The lowest BCUT2D eigenvalue weighted by molar-refractivity contribution is -0.0494. The summed E-state index contributed by atoms with van der Waals surface area (Å²) in [6.45, 7) is -1.17. The van der Waals surface area contributed by atoms with Crippen molar-refractivity contribution in [2.75, 3.05) is 5.32 Å². The number of hydrogen-bond acceptors (Lipinski definition) is 5. The van der Waals surface area contributed by atoms with Crippen LogP contribution in [0.1, 0.15) is 16.1 Å². The van der Waals surface area contributed by atoms with Crippen molar-refractivity contribution in [2.24, 2.45) is 0 Å². The molecule has 8 nitrogen and oxygen atoms in total. The van der Waals surface area contributed by atoms with Crippen molar-refractivity contribution in [3.05, 3.63) is 60.2 Å². The van der Waals surface area contributed by atoms with Crippen molar-refractivity contribution < 1.29 is 18.3 Å². The number of carbonyl (C=O) groups excluding carboxylic acids is 1. The molecule has 0 bridgehead atoms. The van der Waals surface area contributed by atoms with Crippen molar-refractivity contribution in [1.29, 1.82) is 0 Å². The first kappa shape index (κ1) is 17.6. The zero-order valence-electron chi connectivity index (χ0n) is 14.6. The van der Waals surface area contributed by atoms with Gasteiger partial charge < -0.3 is 10.1 Å². The second-order valence-corrected chi connectivity index (χ2v) is 5.93. The molecule has 0 aliphatic rings. The van der Waals surface area contributed by atoms with Gasteiger partial charge in [-0.05, 0) is 31.2 Å². The minimum Gasteiger partial charge on any atom is -0.434 e. The van der Waals surface area contributed by atoms with Crippen molar-refractivity contribution in [2.45, 2.75) is 13.5 Å². The molecule has 0 unspecified atom stereocenters. The van der Waals surface area contributed by atoms with Crippen molar-refractivity contribution in [1.82, 2.24) is 24.8 Å². The van der Waals surface area contributed by atoms with E-state index in [0.717, 1.165) is 5.56 Å². The van der Waals surface area contributed by atoms with Gasteiger partial charge >= 0.3 is 6.61 Å². The number of benzene rings is 1. The Hall–Kier alpha value is -3.82. The summed E-state index contributed by atoms with van der Waals surface area (Å²) >= 11 is 0. The summed E-state index contributed by atoms with van der Waals surface area (Å²) in [5, 5.41) is 13.5. The molecule has 0 radical (unpaired) electrons. The summed E-state index contributed by atoms with van der Waals surface area (Å²) in [4.78, 5) is 16.8. The average Bonchev–Trinajstić information content (AvgIpc) is 3.29. The van der Waals surface area contributed by atoms with Crippen LogP contribution in [0.4, 0.5) is 14.5 Å². The number of halogens is 2. The van der Waals surface area contributed by atoms with Crippen LogP contribution in [0.5, 0.6) is 5.75 Å². The second kappa shape index (κ2) is 7.06. The summed E-state index contributed by atoms with van der Waals surface area (Å²) < 4.78 is 31.5. The molecule has 4 aromatic rings. The number of nitrogens with one attached hydrogen (secondary N) is 2. The summed E-state index contributed by atoms with van der Waals surface area (Å²) in [5.74, 6) is -0.505. The monoisotopic (exact) mass is 384 g/mol. The van der Waals surface area contributed by atoms with Gasteiger partial charge in [-0.25, -0.2) is 9.50 Å². The van der Waals surface area contributed by atoms with E-state index in [9.17, 15) is 13.6 Å². The number of nitrogens with zero attached hydrogens (tertiary/aromatic N) is 4. The molecule has 142 valence electrons. The number of imidazole rings is 1. The van der Waals surface area contributed by atoms with Crippen LogP contribution in [0.3, 0.4) is 0 Å². The number of fused-ring (bicyclic) bond motifs is 1. The Bertz CT molecular complexity index is 1150. The number of carbonyl (C=O) groups is 1. The van der Waals surface area contributed by atoms with Gasteiger partial charge in [0, 0.05) is 11.8 Å². The quantitative estimate of drug-likeness (QED) is 0.550. The number of anilines is 1. The Labute approximate surface area is 157 Å². The summed E-state index contributed by atoms with van der Waals surface area (Å²) in [7, 11) is 0. The maximum absolute atomic E-state index is 12.8. The smallest absolute Gasteiger partial charge is 0.387 e. The van der Waals surface area contributed by atoms with Crippen LogP contribution < -0.4 is 10.1 Å². The fraction of sp³-hybridized carbons (Fsp3) is 0.111. The minimum absolute atomic E-state index is 0.0307. The molecule has 0 atom stereocenters. The first-order valence-electron chi connectivity index (χ1n) is 8.22. The highest BCUT2D eigenvalue weighted by atomic mass is 19.3. The van der Waals surface area contributed by atoms with Gasteiger partial charge in [-0.3, -0.25) is 9.89 Å². The summed E-state index contributed by atoms with van der Waals surface area (Å²) in [5.41, 5.74) is 2.57. The summed E-state index contributed by atoms with van der Waals surface area (Å²) in [6, 6.07) is 8.18. The maximum Gasteiger partial charge on any atom is 0.387 e. The molecule has 4 rings (SSSR count). The molecule has 0 aliphatic heterocycles. The number of aromatic nitrogens is 5. The van der Waals surface area contributed by atoms with Crippen LogP contribution in [0, 0.1) is 6.92 Å². The first-order chi connectivity index (χ1) is 13.5. The predicted molar refractivity (Wildman–Crippen MR) is 96.3 cm³/mol. The van der Waals surface area contributed by atoms with E-state index in [1.54, 1.807) is 24.3 Å². The van der Waals surface area contributed by atoms with Gasteiger partial charge in [-0.15, -0.1) is 0 Å². The molecule has 1 amide bonds. The fourth-order valence-corrected chi connectivity index (χ4v) is 2.79. The van der Waals surface area contributed by atoms with Gasteiger partial charge in [0.25, 0.3) is 5.91 Å². The van der Waals surface area contributed by atoms with Gasteiger partial charge in [0.1, 0.15) is 5.75 Å². The van der Waals surface area contributed by atoms with Gasteiger partial charge in [-0.2, -0.15) is 19.0 Å². The van der Waals surface area contributed by atoms with E-state index in [4.69, 9.17) is 0 Å². The van der Waals surface area contributed by atoms with E-state index in [0.29, 0.717) is 22.6 Å². The highest BCUT2D eigenvalue weighted by molar-refractivity contribution is 6.05. The Balaban J connectivity index is 1.69. The van der Waals surface area contributed by atoms with Gasteiger partial charge in [0.05, 0.1) is 23.8 Å². The van der Waals surface area contributed by atoms with E-state index in [1.165, 1.54) is 29.2 Å². The molecule has 0 saturated heterocycles. The van der Waals surface area contributed by atoms with E-state index < -0.39 is 12.5 Å². The van der Waals surface area contributed by atoms with Crippen LogP contribution >= 0.6 is 0 Å². The minimum atomic E-state index is -2.98. The number of hydrogen-bond donors (Lipinski definition) is 2. The lowest BCUT2D eigenvalue weighted by Crippen LogP contribution is -2.15. The van der Waals surface area contributed by atoms with Gasteiger partial charge in [0.15, 0.2) is 11.3 Å². The number of aromatic amines is 1. The second-order valence-electron chi connectivity index (χ2n) is 5.93. The van der Waals surface area contributed by atoms with E-state index in [1.807, 2.05) is 6.92 Å². The number of alkyl halides is 2. The zero-order valence-corrected chi connectivity index (χ0v) is 14.6. The van der Waals surface area contributed by atoms with Crippen molar-refractivity contribution in [3.63, 3.8) is 0 Å². The van der Waals surface area contributed by atoms with Crippen LogP contribution in [0.25, 0.3) is 16.9 Å². The molecule has 10 heteroatoms. The lowest BCUT2D eigenvalue weighted by Gasteiger charge is -2.12. The number of amides is 1. The fourth-order valence-electron chi connectivity index (χ4n) is 2.79. The first-order valence-corrected chi connectivity index (χ1v) is 8.22. The SMILES string of the molecule is Cc1ccc(OC(F)F)c(-c2[nH]ncc2NC(=O)c2cnc3cccnn23)c1. The van der Waals surface area contributed by atoms with Crippen LogP contribution in [0.15, 0.2) is 48.9 Å². The average molecular weight is 384 g/mol. The topological polar surface area (TPSA) is 97.2 Å². The standard InChI is InChI=1S/C18H14F2N6O2/c1-10-4-5-14(28-18(19)20)11(7-10)16-12(8-22-25-16)24-17(27)13-9-21-15-3-2-6-23-26(13)15/h2-9,18H,1H3,(H,22,25)(H,24,27). The lowest BCUT2D eigenvalue weighted by atomic mass is 10.1. The Morgan fingerprint density at radius 3 is 2.96 bits per heavy atom. The molecule has 1 aromatic carbocycles. The Kier molecular flexibility index (Phi) is 4.44. The number of rotatable bonds is 5. The van der Waals surface area contributed by atoms with Gasteiger partial charge in [0.2, 0.25) is 0 Å². The van der Waals surface area contributed by atoms with Crippen LogP contribution in [-0.2, 0) is 0 Å². The molecule has 0 fully saturated rings. The largest absolute Gasteiger partial charge is 0.434 e. The number of ether oxygens (including phenoxy) is 1. The third-order valence-electron chi connectivity index (χ3n) is 4.02. The normalized spacial score (nSPS) is 11.1. The van der Waals surface area contributed by atoms with Crippen LogP contribution in [0.2, 0.25) is 0 Å². The molecule has 0 aliphatic carbocycles. The molecular formula is C18H14F2N6O2. The number of H-pyrrole nitrogens is 1. The molecule has 0 spiro atoms. The van der Waals surface area contributed by atoms with E-state index in [-0.39, 0.29) is 11.4 Å². The predicted octanol–water partition coefficient (Wildman–Crippen LogP) is 3.28. The maximum atomic E-state index is 12.8. The molecule has 3 aromatic heterocycles. The molecule has 28 heavy (non-hydrogen) atoms. The molecule has 2 N–H and O–H groups in total. The highest BCUT2D eigenvalue weighted by Gasteiger charge is 2.19.